The molecule has 0 aromatic heterocycles. The van der Waals surface area contributed by atoms with E-state index in [9.17, 15) is 0 Å². The molecule has 2 aromatic carbocycles. The fraction of sp³-hybridized carbons (Fsp3) is 0.143. The van der Waals surface area contributed by atoms with Crippen molar-refractivity contribution in [3.63, 3.8) is 0 Å². The van der Waals surface area contributed by atoms with Crippen LogP contribution in [-0.2, 0) is 6.54 Å². The average Bonchev–Trinajstić information content (AvgIpc) is 2.41. The SMILES string of the molecule is CSc1ccc(NCc2ccc(Cl)c(Cl)c2)cc1. The molecule has 18 heavy (non-hydrogen) atoms. The van der Waals surface area contributed by atoms with Crippen molar-refractivity contribution in [3.05, 3.63) is 58.1 Å². The molecule has 2 rings (SSSR count). The summed E-state index contributed by atoms with van der Waals surface area (Å²) in [4.78, 5) is 1.26. The molecule has 0 heterocycles. The van der Waals surface area contributed by atoms with Crippen molar-refractivity contribution in [2.75, 3.05) is 11.6 Å². The molecule has 0 aliphatic carbocycles. The van der Waals surface area contributed by atoms with Gasteiger partial charge in [-0.05, 0) is 48.2 Å². The number of nitrogens with one attached hydrogen (secondary N) is 1. The van der Waals surface area contributed by atoms with Gasteiger partial charge in [0, 0.05) is 17.1 Å². The van der Waals surface area contributed by atoms with Crippen molar-refractivity contribution in [1.29, 1.82) is 0 Å². The Kier molecular flexibility index (Phi) is 4.81. The second kappa shape index (κ2) is 6.37. The van der Waals surface area contributed by atoms with Crippen LogP contribution in [0.1, 0.15) is 5.56 Å². The molecule has 0 amide bonds. The molecule has 94 valence electrons. The van der Waals surface area contributed by atoms with E-state index >= 15 is 0 Å². The zero-order valence-corrected chi connectivity index (χ0v) is 12.2. The van der Waals surface area contributed by atoms with Crippen molar-refractivity contribution in [1.82, 2.24) is 0 Å². The molecule has 4 heteroatoms. The fourth-order valence-electron chi connectivity index (χ4n) is 1.56. The van der Waals surface area contributed by atoms with Crippen LogP contribution in [0.15, 0.2) is 47.4 Å². The Morgan fingerprint density at radius 2 is 1.72 bits per heavy atom. The third-order valence-electron chi connectivity index (χ3n) is 2.57. The van der Waals surface area contributed by atoms with Gasteiger partial charge in [0.2, 0.25) is 0 Å². The van der Waals surface area contributed by atoms with Gasteiger partial charge in [-0.3, -0.25) is 0 Å². The van der Waals surface area contributed by atoms with E-state index in [-0.39, 0.29) is 0 Å². The topological polar surface area (TPSA) is 12.0 Å². The van der Waals surface area contributed by atoms with Crippen LogP contribution in [0.3, 0.4) is 0 Å². The van der Waals surface area contributed by atoms with Gasteiger partial charge in [0.25, 0.3) is 0 Å². The van der Waals surface area contributed by atoms with Crippen molar-refractivity contribution in [3.8, 4) is 0 Å². The van der Waals surface area contributed by atoms with E-state index in [4.69, 9.17) is 23.2 Å². The first-order valence-electron chi connectivity index (χ1n) is 5.51. The molecule has 1 nitrogen and oxygen atoms in total. The standard InChI is InChI=1S/C14H13Cl2NS/c1-18-12-5-3-11(4-6-12)17-9-10-2-7-13(15)14(16)8-10/h2-8,17H,9H2,1H3. The first-order chi connectivity index (χ1) is 8.69. The molecule has 0 unspecified atom stereocenters. The molecule has 0 saturated carbocycles. The summed E-state index contributed by atoms with van der Waals surface area (Å²) < 4.78 is 0. The number of thioether (sulfide) groups is 1. The highest BCUT2D eigenvalue weighted by atomic mass is 35.5. The lowest BCUT2D eigenvalue weighted by molar-refractivity contribution is 1.15. The summed E-state index contributed by atoms with van der Waals surface area (Å²) in [6.45, 7) is 0.732. The number of rotatable bonds is 4. The number of benzene rings is 2. The highest BCUT2D eigenvalue weighted by molar-refractivity contribution is 7.98. The maximum Gasteiger partial charge on any atom is 0.0595 e. The zero-order valence-electron chi connectivity index (χ0n) is 9.91. The molecule has 0 aliphatic heterocycles. The third kappa shape index (κ3) is 3.58. The summed E-state index contributed by atoms with van der Waals surface area (Å²) >= 11 is 13.6. The predicted molar refractivity (Wildman–Crippen MR) is 82.0 cm³/mol. The van der Waals surface area contributed by atoms with E-state index in [2.05, 4.69) is 35.8 Å². The van der Waals surface area contributed by atoms with Crippen LogP contribution in [0, 0.1) is 0 Å². The summed E-state index contributed by atoms with van der Waals surface area (Å²) in [5, 5.41) is 4.53. The highest BCUT2D eigenvalue weighted by Gasteiger charge is 1.99. The Balaban J connectivity index is 1.99. The first-order valence-corrected chi connectivity index (χ1v) is 7.49. The molecule has 0 bridgehead atoms. The Labute approximate surface area is 121 Å². The van der Waals surface area contributed by atoms with E-state index in [1.54, 1.807) is 11.8 Å². The summed E-state index contributed by atoms with van der Waals surface area (Å²) in [5.74, 6) is 0. The van der Waals surface area contributed by atoms with Crippen LogP contribution >= 0.6 is 35.0 Å². The molecule has 0 spiro atoms. The molecule has 0 aliphatic rings. The normalized spacial score (nSPS) is 10.4. The largest absolute Gasteiger partial charge is 0.381 e. The highest BCUT2D eigenvalue weighted by Crippen LogP contribution is 2.23. The minimum absolute atomic E-state index is 0.588. The van der Waals surface area contributed by atoms with Crippen LogP contribution < -0.4 is 5.32 Å². The predicted octanol–water partition coefficient (Wildman–Crippen LogP) is 5.33. The molecular formula is C14H13Cl2NS. The minimum Gasteiger partial charge on any atom is -0.381 e. The summed E-state index contributed by atoms with van der Waals surface area (Å²) in [5.41, 5.74) is 2.21. The maximum absolute atomic E-state index is 5.97. The Morgan fingerprint density at radius 1 is 1.00 bits per heavy atom. The number of hydrogen-bond acceptors (Lipinski definition) is 2. The van der Waals surface area contributed by atoms with E-state index in [0.717, 1.165) is 17.8 Å². The number of halogens is 2. The minimum atomic E-state index is 0.588. The van der Waals surface area contributed by atoms with E-state index < -0.39 is 0 Å². The maximum atomic E-state index is 5.97. The summed E-state index contributed by atoms with van der Waals surface area (Å²) in [6.07, 6.45) is 2.07. The van der Waals surface area contributed by atoms with Gasteiger partial charge >= 0.3 is 0 Å². The van der Waals surface area contributed by atoms with Crippen molar-refractivity contribution in [2.24, 2.45) is 0 Å². The van der Waals surface area contributed by atoms with Crippen molar-refractivity contribution >= 4 is 40.7 Å². The summed E-state index contributed by atoms with van der Waals surface area (Å²) in [6, 6.07) is 14.0. The molecular weight excluding hydrogens is 285 g/mol. The lowest BCUT2D eigenvalue weighted by Crippen LogP contribution is -1.99. The molecule has 2 aromatic rings. The van der Waals surface area contributed by atoms with Gasteiger partial charge in [0.05, 0.1) is 10.0 Å². The molecule has 0 saturated heterocycles. The van der Waals surface area contributed by atoms with Crippen LogP contribution in [0.4, 0.5) is 5.69 Å². The quantitative estimate of drug-likeness (QED) is 0.766. The van der Waals surface area contributed by atoms with Crippen molar-refractivity contribution in [2.45, 2.75) is 11.4 Å². The molecule has 1 N–H and O–H groups in total. The van der Waals surface area contributed by atoms with Gasteiger partial charge in [0.15, 0.2) is 0 Å². The first kappa shape index (κ1) is 13.6. The Morgan fingerprint density at radius 3 is 2.33 bits per heavy atom. The second-order valence-corrected chi connectivity index (χ2v) is 5.52. The lowest BCUT2D eigenvalue weighted by Gasteiger charge is -2.08. The van der Waals surface area contributed by atoms with E-state index in [1.807, 2.05) is 18.2 Å². The average molecular weight is 298 g/mol. The van der Waals surface area contributed by atoms with Gasteiger partial charge in [0.1, 0.15) is 0 Å². The monoisotopic (exact) mass is 297 g/mol. The molecule has 0 fully saturated rings. The third-order valence-corrected chi connectivity index (χ3v) is 4.05. The van der Waals surface area contributed by atoms with Gasteiger partial charge < -0.3 is 5.32 Å². The van der Waals surface area contributed by atoms with Gasteiger partial charge in [-0.2, -0.15) is 0 Å². The Hall–Kier alpha value is -0.830. The molecule has 0 radical (unpaired) electrons. The Bertz CT molecular complexity index is 526. The number of anilines is 1. The van der Waals surface area contributed by atoms with E-state index in [1.165, 1.54) is 4.90 Å². The molecule has 0 atom stereocenters. The number of hydrogen-bond donors (Lipinski definition) is 1. The fourth-order valence-corrected chi connectivity index (χ4v) is 2.29. The second-order valence-electron chi connectivity index (χ2n) is 3.83. The summed E-state index contributed by atoms with van der Waals surface area (Å²) in [7, 11) is 0. The smallest absolute Gasteiger partial charge is 0.0595 e. The van der Waals surface area contributed by atoms with Crippen LogP contribution in [-0.4, -0.2) is 6.26 Å². The van der Waals surface area contributed by atoms with Crippen molar-refractivity contribution < 1.29 is 0 Å². The lowest BCUT2D eigenvalue weighted by atomic mass is 10.2. The van der Waals surface area contributed by atoms with Crippen LogP contribution in [0.25, 0.3) is 0 Å². The van der Waals surface area contributed by atoms with Crippen LogP contribution in [0.2, 0.25) is 10.0 Å². The van der Waals surface area contributed by atoms with Gasteiger partial charge in [-0.1, -0.05) is 29.3 Å². The van der Waals surface area contributed by atoms with Gasteiger partial charge in [-0.25, -0.2) is 0 Å². The van der Waals surface area contributed by atoms with Crippen LogP contribution in [0.5, 0.6) is 0 Å². The zero-order chi connectivity index (χ0) is 13.0. The van der Waals surface area contributed by atoms with E-state index in [0.29, 0.717) is 10.0 Å². The van der Waals surface area contributed by atoms with Gasteiger partial charge in [-0.15, -0.1) is 11.8 Å².